The molecule has 1 atom stereocenters. The normalized spacial score (nSPS) is 33.3. The number of hydrazine groups is 1. The van der Waals surface area contributed by atoms with E-state index in [0.29, 0.717) is 5.92 Å². The molecule has 1 saturated heterocycles. The minimum Gasteiger partial charge on any atom is -0.284 e. The molecule has 1 aliphatic carbocycles. The summed E-state index contributed by atoms with van der Waals surface area (Å²) in [5.74, 6) is 0.496. The van der Waals surface area contributed by atoms with Crippen LogP contribution in [-0.2, 0) is 0 Å². The molecule has 15 heavy (non-hydrogen) atoms. The number of allylic oxidation sites excluding steroid dienone is 2. The van der Waals surface area contributed by atoms with Gasteiger partial charge in [-0.05, 0) is 24.8 Å². The van der Waals surface area contributed by atoms with Crippen molar-refractivity contribution in [2.75, 3.05) is 0 Å². The van der Waals surface area contributed by atoms with E-state index < -0.39 is 0 Å². The first-order valence-corrected chi connectivity index (χ1v) is 5.77. The molecule has 2 aliphatic heterocycles. The molecule has 0 saturated carbocycles. The summed E-state index contributed by atoms with van der Waals surface area (Å²) in [5.41, 5.74) is 2.54. The summed E-state index contributed by atoms with van der Waals surface area (Å²) in [6, 6.07) is 0. The Morgan fingerprint density at radius 2 is 2.20 bits per heavy atom. The van der Waals surface area contributed by atoms with Crippen molar-refractivity contribution < 1.29 is 0 Å². The van der Waals surface area contributed by atoms with Gasteiger partial charge in [0, 0.05) is 5.92 Å². The molecular formula is C10H15BN4. The summed E-state index contributed by atoms with van der Waals surface area (Å²) >= 11 is 0. The number of rotatable bonds is 1. The summed E-state index contributed by atoms with van der Waals surface area (Å²) in [5, 5.41) is 14.5. The molecule has 0 aromatic heterocycles. The van der Waals surface area contributed by atoms with Gasteiger partial charge >= 0.3 is 6.98 Å². The lowest BCUT2D eigenvalue weighted by Gasteiger charge is -2.22. The van der Waals surface area contributed by atoms with Gasteiger partial charge in [-0.1, -0.05) is 18.9 Å². The average molecular weight is 202 g/mol. The Balaban J connectivity index is 1.87. The van der Waals surface area contributed by atoms with Crippen LogP contribution in [0.2, 0.25) is 0 Å². The first-order valence-electron chi connectivity index (χ1n) is 5.77. The SMILES string of the molecule is C1=NN=C(B2NN2)C2CCCCC/C=C/12. The van der Waals surface area contributed by atoms with Gasteiger partial charge in [0.25, 0.3) is 0 Å². The molecule has 2 heterocycles. The average Bonchev–Trinajstić information content (AvgIpc) is 3.01. The maximum absolute atomic E-state index is 4.27. The van der Waals surface area contributed by atoms with E-state index >= 15 is 0 Å². The van der Waals surface area contributed by atoms with Crippen LogP contribution in [0.4, 0.5) is 0 Å². The minimum atomic E-state index is 0.273. The first kappa shape index (κ1) is 9.30. The minimum absolute atomic E-state index is 0.273. The zero-order valence-electron chi connectivity index (χ0n) is 8.74. The monoisotopic (exact) mass is 202 g/mol. The topological polar surface area (TPSA) is 68.6 Å². The Bertz CT molecular complexity index is 343. The van der Waals surface area contributed by atoms with E-state index in [0.717, 1.165) is 0 Å². The highest BCUT2D eigenvalue weighted by Gasteiger charge is 2.39. The van der Waals surface area contributed by atoms with Gasteiger partial charge in [0.1, 0.15) is 0 Å². The van der Waals surface area contributed by atoms with E-state index in [-0.39, 0.29) is 6.98 Å². The summed E-state index contributed by atoms with van der Waals surface area (Å²) in [6.45, 7) is 0.273. The van der Waals surface area contributed by atoms with Crippen molar-refractivity contribution in [1.29, 1.82) is 0 Å². The van der Waals surface area contributed by atoms with Gasteiger partial charge in [0.05, 0.1) is 11.8 Å². The fourth-order valence-corrected chi connectivity index (χ4v) is 2.39. The van der Waals surface area contributed by atoms with Gasteiger partial charge in [-0.15, -0.1) is 0 Å². The summed E-state index contributed by atoms with van der Waals surface area (Å²) in [6.07, 6.45) is 10.6. The van der Waals surface area contributed by atoms with E-state index in [1.165, 1.54) is 43.3 Å². The Hall–Kier alpha value is -0.935. The molecule has 3 rings (SSSR count). The lowest BCUT2D eigenvalue weighted by Crippen LogP contribution is -2.30. The Morgan fingerprint density at radius 1 is 1.27 bits per heavy atom. The number of hydrogen-bond acceptors (Lipinski definition) is 4. The van der Waals surface area contributed by atoms with Crippen LogP contribution in [0.15, 0.2) is 21.9 Å². The van der Waals surface area contributed by atoms with Crippen LogP contribution in [0.5, 0.6) is 0 Å². The number of nitrogens with one attached hydrogen (secondary N) is 2. The Morgan fingerprint density at radius 3 is 3.07 bits per heavy atom. The van der Waals surface area contributed by atoms with Crippen LogP contribution >= 0.6 is 0 Å². The van der Waals surface area contributed by atoms with Crippen molar-refractivity contribution in [2.24, 2.45) is 16.1 Å². The summed E-state index contributed by atoms with van der Waals surface area (Å²) in [4.78, 5) is 0. The van der Waals surface area contributed by atoms with Gasteiger partial charge in [0.2, 0.25) is 0 Å². The van der Waals surface area contributed by atoms with Gasteiger partial charge in [0.15, 0.2) is 0 Å². The molecule has 1 unspecified atom stereocenters. The highest BCUT2D eigenvalue weighted by atomic mass is 15.5. The second kappa shape index (κ2) is 3.91. The van der Waals surface area contributed by atoms with E-state index in [1.54, 1.807) is 0 Å². The van der Waals surface area contributed by atoms with Crippen molar-refractivity contribution >= 4 is 18.8 Å². The smallest absolute Gasteiger partial charge is 0.284 e. The van der Waals surface area contributed by atoms with Crippen LogP contribution in [0.1, 0.15) is 32.1 Å². The highest BCUT2D eigenvalue weighted by molar-refractivity contribution is 6.93. The molecule has 4 nitrogen and oxygen atoms in total. The summed E-state index contributed by atoms with van der Waals surface area (Å²) in [7, 11) is 0. The van der Waals surface area contributed by atoms with E-state index in [1.807, 2.05) is 6.21 Å². The molecule has 0 amide bonds. The maximum Gasteiger partial charge on any atom is 0.384 e. The quantitative estimate of drug-likeness (QED) is 0.493. The third-order valence-corrected chi connectivity index (χ3v) is 3.30. The van der Waals surface area contributed by atoms with E-state index in [9.17, 15) is 0 Å². The second-order valence-electron chi connectivity index (χ2n) is 4.39. The second-order valence-corrected chi connectivity index (χ2v) is 4.39. The predicted molar refractivity (Wildman–Crippen MR) is 62.6 cm³/mol. The van der Waals surface area contributed by atoms with E-state index in [4.69, 9.17) is 0 Å². The van der Waals surface area contributed by atoms with Crippen molar-refractivity contribution in [3.05, 3.63) is 11.6 Å². The fourth-order valence-electron chi connectivity index (χ4n) is 2.39. The highest BCUT2D eigenvalue weighted by Crippen LogP contribution is 2.27. The van der Waals surface area contributed by atoms with Crippen molar-refractivity contribution in [2.45, 2.75) is 32.1 Å². The van der Waals surface area contributed by atoms with Crippen LogP contribution < -0.4 is 10.7 Å². The molecule has 2 N–H and O–H groups in total. The summed E-state index contributed by atoms with van der Waals surface area (Å²) < 4.78 is 0. The largest absolute Gasteiger partial charge is 0.384 e. The van der Waals surface area contributed by atoms with Crippen molar-refractivity contribution in [3.63, 3.8) is 0 Å². The lowest BCUT2D eigenvalue weighted by molar-refractivity contribution is 0.590. The van der Waals surface area contributed by atoms with Crippen LogP contribution in [0, 0.1) is 5.92 Å². The Labute approximate surface area is 90.0 Å². The zero-order valence-corrected chi connectivity index (χ0v) is 8.74. The standard InChI is InChI=1S/C10H15BN4/c1-2-4-6-9-8(5-3-1)7-12-13-10(9)11-14-15-11/h5,7,9,14-15H,1-4,6H2/b8-5-. The van der Waals surface area contributed by atoms with Crippen LogP contribution in [0.3, 0.4) is 0 Å². The molecular weight excluding hydrogens is 187 g/mol. The molecule has 0 spiro atoms. The van der Waals surface area contributed by atoms with Gasteiger partial charge in [-0.25, -0.2) is 0 Å². The first-order chi connectivity index (χ1) is 7.45. The van der Waals surface area contributed by atoms with Crippen LogP contribution in [0.25, 0.3) is 0 Å². The van der Waals surface area contributed by atoms with Crippen LogP contribution in [-0.4, -0.2) is 18.8 Å². The third-order valence-electron chi connectivity index (χ3n) is 3.30. The van der Waals surface area contributed by atoms with Crippen molar-refractivity contribution in [1.82, 2.24) is 10.7 Å². The lowest BCUT2D eigenvalue weighted by atomic mass is 9.68. The Kier molecular flexibility index (Phi) is 2.42. The fraction of sp³-hybridized carbons (Fsp3) is 0.600. The molecule has 0 radical (unpaired) electrons. The van der Waals surface area contributed by atoms with E-state index in [2.05, 4.69) is 27.0 Å². The van der Waals surface area contributed by atoms with Gasteiger partial charge < -0.3 is 0 Å². The van der Waals surface area contributed by atoms with Crippen molar-refractivity contribution in [3.8, 4) is 0 Å². The molecule has 0 bridgehead atoms. The van der Waals surface area contributed by atoms with Gasteiger partial charge in [-0.3, -0.25) is 10.7 Å². The molecule has 0 aromatic rings. The number of fused-ring (bicyclic) bond motifs is 1. The molecule has 1 fully saturated rings. The number of hydrogen-bond donors (Lipinski definition) is 2. The maximum atomic E-state index is 4.27. The molecule has 5 heteroatoms. The number of nitrogens with zero attached hydrogens (tertiary/aromatic N) is 2. The molecule has 3 aliphatic rings. The predicted octanol–water partition coefficient (Wildman–Crippen LogP) is 1.07. The third kappa shape index (κ3) is 1.89. The molecule has 78 valence electrons. The zero-order chi connectivity index (χ0) is 10.1. The van der Waals surface area contributed by atoms with Gasteiger partial charge in [-0.2, -0.15) is 10.2 Å². The molecule has 0 aromatic carbocycles.